The highest BCUT2D eigenvalue weighted by Crippen LogP contribution is 2.32. The third-order valence-corrected chi connectivity index (χ3v) is 7.53. The Bertz CT molecular complexity index is 1620. The molecule has 1 heterocycles. The van der Waals surface area contributed by atoms with Gasteiger partial charge in [-0.15, -0.1) is 0 Å². The number of halogens is 2. The van der Waals surface area contributed by atoms with Crippen LogP contribution < -0.4 is 9.64 Å². The summed E-state index contributed by atoms with van der Waals surface area (Å²) in [5.41, 5.74) is 2.60. The Balaban J connectivity index is 1.41. The second-order valence-corrected chi connectivity index (χ2v) is 10.4. The van der Waals surface area contributed by atoms with Crippen molar-refractivity contribution in [1.82, 2.24) is 4.90 Å². The van der Waals surface area contributed by atoms with Crippen molar-refractivity contribution in [3.63, 3.8) is 0 Å². The molecular weight excluding hydrogens is 600 g/mol. The van der Waals surface area contributed by atoms with Gasteiger partial charge in [-0.3, -0.25) is 14.5 Å². The number of nitrogens with zero attached hydrogens (tertiary/aromatic N) is 2. The molecule has 0 bridgehead atoms. The summed E-state index contributed by atoms with van der Waals surface area (Å²) < 4.78 is 11.7. The predicted octanol–water partition coefficient (Wildman–Crippen LogP) is 6.98. The largest absolute Gasteiger partial charge is 0.488 e. The number of rotatable bonds is 7. The zero-order valence-electron chi connectivity index (χ0n) is 20.8. The lowest BCUT2D eigenvalue weighted by Crippen LogP contribution is -2.35. The Morgan fingerprint density at radius 2 is 1.77 bits per heavy atom. The molecule has 0 saturated carbocycles. The lowest BCUT2D eigenvalue weighted by Gasteiger charge is -2.19. The molecule has 0 N–H and O–H groups in total. The van der Waals surface area contributed by atoms with E-state index in [-0.39, 0.29) is 23.3 Å². The fraction of sp³-hybridized carbons (Fsp3) is 0.100. The summed E-state index contributed by atoms with van der Waals surface area (Å²) in [6.45, 7) is 0.195. The highest BCUT2D eigenvalue weighted by Gasteiger charge is 2.40. The summed E-state index contributed by atoms with van der Waals surface area (Å²) in [6, 6.07) is 26.6. The van der Waals surface area contributed by atoms with Gasteiger partial charge in [-0.1, -0.05) is 60.1 Å². The van der Waals surface area contributed by atoms with Gasteiger partial charge < -0.3 is 14.4 Å². The van der Waals surface area contributed by atoms with E-state index in [1.54, 1.807) is 30.3 Å². The Morgan fingerprint density at radius 1 is 1.03 bits per heavy atom. The molecule has 1 aliphatic heterocycles. The van der Waals surface area contributed by atoms with E-state index in [2.05, 4.69) is 34.1 Å². The van der Waals surface area contributed by atoms with E-state index in [0.717, 1.165) is 26.4 Å². The van der Waals surface area contributed by atoms with Crippen LogP contribution in [0.3, 0.4) is 0 Å². The van der Waals surface area contributed by atoms with Crippen molar-refractivity contribution in [1.29, 1.82) is 0 Å². The maximum atomic E-state index is 13.5. The van der Waals surface area contributed by atoms with Crippen molar-refractivity contribution in [2.75, 3.05) is 18.6 Å². The topological polar surface area (TPSA) is 59.1 Å². The normalized spacial score (nSPS) is 14.4. The number of thiocarbonyl (C=S) groups is 1. The van der Waals surface area contributed by atoms with Crippen molar-refractivity contribution in [2.45, 2.75) is 6.61 Å². The molecule has 196 valence electrons. The summed E-state index contributed by atoms with van der Waals surface area (Å²) >= 11 is 15.2. The number of amides is 1. The number of methoxy groups -OCH3 is 1. The minimum absolute atomic E-state index is 0.174. The average molecular weight is 622 g/mol. The molecule has 5 rings (SSSR count). The van der Waals surface area contributed by atoms with Crippen LogP contribution in [0.2, 0.25) is 5.02 Å². The number of ether oxygens (including phenoxy) is 2. The summed E-state index contributed by atoms with van der Waals surface area (Å²) in [7, 11) is 1.29. The molecule has 0 radical (unpaired) electrons. The quantitative estimate of drug-likeness (QED) is 0.126. The lowest BCUT2D eigenvalue weighted by atomic mass is 10.1. The fourth-order valence-electron chi connectivity index (χ4n) is 4.30. The Morgan fingerprint density at radius 3 is 2.51 bits per heavy atom. The molecule has 1 amide bonds. The minimum atomic E-state index is -0.521. The maximum Gasteiger partial charge on any atom is 0.325 e. The van der Waals surface area contributed by atoms with Crippen molar-refractivity contribution < 1.29 is 19.1 Å². The first kappa shape index (κ1) is 26.9. The lowest BCUT2D eigenvalue weighted by molar-refractivity contribution is -0.140. The number of hydrogen-bond donors (Lipinski definition) is 0. The van der Waals surface area contributed by atoms with Crippen molar-refractivity contribution in [3.05, 3.63) is 111 Å². The average Bonchev–Trinajstić information content (AvgIpc) is 3.16. The molecule has 0 aliphatic carbocycles. The third-order valence-electron chi connectivity index (χ3n) is 6.26. The van der Waals surface area contributed by atoms with Gasteiger partial charge in [0, 0.05) is 5.02 Å². The number of benzene rings is 4. The Kier molecular flexibility index (Phi) is 7.97. The number of hydrogen-bond acceptors (Lipinski definition) is 5. The Hall–Kier alpha value is -3.72. The van der Waals surface area contributed by atoms with Gasteiger partial charge in [0.1, 0.15) is 24.6 Å². The summed E-state index contributed by atoms with van der Waals surface area (Å²) in [5, 5.41) is 3.01. The van der Waals surface area contributed by atoms with E-state index in [0.29, 0.717) is 23.1 Å². The van der Waals surface area contributed by atoms with Crippen LogP contribution in [-0.2, 0) is 20.9 Å². The van der Waals surface area contributed by atoms with Crippen LogP contribution in [0.4, 0.5) is 5.69 Å². The molecule has 1 fully saturated rings. The number of esters is 1. The van der Waals surface area contributed by atoms with Crippen LogP contribution in [0.25, 0.3) is 16.8 Å². The van der Waals surface area contributed by atoms with Gasteiger partial charge in [0.05, 0.1) is 17.3 Å². The zero-order valence-corrected chi connectivity index (χ0v) is 23.9. The SMILES string of the molecule is COC(=O)CN1C(=S)N(c2ccc(Cl)cc2)C(=O)/C1=C/c1ccc(OCc2cccc3ccccc23)c(Br)c1. The van der Waals surface area contributed by atoms with E-state index < -0.39 is 5.97 Å². The second-order valence-electron chi connectivity index (χ2n) is 8.71. The first-order valence-electron chi connectivity index (χ1n) is 11.9. The molecular formula is C30H22BrClN2O4S. The van der Waals surface area contributed by atoms with Gasteiger partial charge in [-0.2, -0.15) is 0 Å². The number of carbonyl (C=O) groups is 2. The Labute approximate surface area is 244 Å². The molecule has 0 aromatic heterocycles. The predicted molar refractivity (Wildman–Crippen MR) is 161 cm³/mol. The van der Waals surface area contributed by atoms with Gasteiger partial charge in [0.2, 0.25) is 0 Å². The molecule has 4 aromatic carbocycles. The third kappa shape index (κ3) is 5.68. The molecule has 4 aromatic rings. The molecule has 6 nitrogen and oxygen atoms in total. The summed E-state index contributed by atoms with van der Waals surface area (Å²) in [5.74, 6) is -0.224. The van der Waals surface area contributed by atoms with Gasteiger partial charge in [-0.25, -0.2) is 0 Å². The van der Waals surface area contributed by atoms with Gasteiger partial charge in [0.15, 0.2) is 5.11 Å². The van der Waals surface area contributed by atoms with Crippen LogP contribution in [0, 0.1) is 0 Å². The summed E-state index contributed by atoms with van der Waals surface area (Å²) in [4.78, 5) is 28.5. The molecule has 1 saturated heterocycles. The number of fused-ring (bicyclic) bond motifs is 1. The van der Waals surface area contributed by atoms with Crippen LogP contribution in [0.1, 0.15) is 11.1 Å². The van der Waals surface area contributed by atoms with E-state index in [4.69, 9.17) is 33.3 Å². The second kappa shape index (κ2) is 11.6. The monoisotopic (exact) mass is 620 g/mol. The highest BCUT2D eigenvalue weighted by atomic mass is 79.9. The van der Waals surface area contributed by atoms with E-state index in [1.807, 2.05) is 42.5 Å². The van der Waals surface area contributed by atoms with Gasteiger partial charge in [-0.05, 0) is 92.5 Å². The minimum Gasteiger partial charge on any atom is -0.488 e. The van der Waals surface area contributed by atoms with Crippen molar-refractivity contribution >= 4 is 79.3 Å². The first-order chi connectivity index (χ1) is 18.9. The highest BCUT2D eigenvalue weighted by molar-refractivity contribution is 9.10. The van der Waals surface area contributed by atoms with E-state index in [1.165, 1.54) is 16.9 Å². The molecule has 0 atom stereocenters. The van der Waals surface area contributed by atoms with Crippen molar-refractivity contribution in [3.8, 4) is 5.75 Å². The smallest absolute Gasteiger partial charge is 0.325 e. The van der Waals surface area contributed by atoms with Crippen LogP contribution in [-0.4, -0.2) is 35.5 Å². The maximum absolute atomic E-state index is 13.5. The van der Waals surface area contributed by atoms with Gasteiger partial charge >= 0.3 is 5.97 Å². The van der Waals surface area contributed by atoms with E-state index in [9.17, 15) is 9.59 Å². The fourth-order valence-corrected chi connectivity index (χ4v) is 5.29. The zero-order chi connectivity index (χ0) is 27.5. The number of anilines is 1. The molecule has 1 aliphatic rings. The molecule has 0 unspecified atom stereocenters. The van der Waals surface area contributed by atoms with Crippen LogP contribution in [0.5, 0.6) is 5.75 Å². The molecule has 0 spiro atoms. The first-order valence-corrected chi connectivity index (χ1v) is 13.5. The summed E-state index contributed by atoms with van der Waals surface area (Å²) in [6.07, 6.45) is 1.69. The van der Waals surface area contributed by atoms with Crippen LogP contribution in [0.15, 0.2) is 95.1 Å². The number of carbonyl (C=O) groups excluding carboxylic acids is 2. The molecule has 39 heavy (non-hydrogen) atoms. The van der Waals surface area contributed by atoms with Gasteiger partial charge in [0.25, 0.3) is 5.91 Å². The van der Waals surface area contributed by atoms with E-state index >= 15 is 0 Å². The molecule has 9 heteroatoms. The van der Waals surface area contributed by atoms with Crippen LogP contribution >= 0.6 is 39.7 Å². The standard InChI is InChI=1S/C30H22BrClN2O4S/c1-37-28(35)17-33-26(29(36)34(30(33)39)23-12-10-22(32)11-13-23)16-19-9-14-27(25(31)15-19)38-18-21-7-4-6-20-5-2-3-8-24(20)21/h2-16H,17-18H2,1H3/b26-16-. The van der Waals surface area contributed by atoms with Crippen molar-refractivity contribution in [2.24, 2.45) is 0 Å².